The largest absolute Gasteiger partial charge is 0.479 e. The number of carbonyl (C=O) groups is 1. The zero-order valence-electron chi connectivity index (χ0n) is 14.0. The van der Waals surface area contributed by atoms with Crippen LogP contribution in [0.4, 0.5) is 16.3 Å². The molecular formula is C15H21N7O2. The van der Waals surface area contributed by atoms with E-state index in [1.54, 1.807) is 4.90 Å². The average Bonchev–Trinajstić information content (AvgIpc) is 3.02. The van der Waals surface area contributed by atoms with E-state index in [9.17, 15) is 4.79 Å². The van der Waals surface area contributed by atoms with Gasteiger partial charge in [0.15, 0.2) is 5.82 Å². The van der Waals surface area contributed by atoms with Gasteiger partial charge in [-0.05, 0) is 24.8 Å². The Morgan fingerprint density at radius 2 is 2.25 bits per heavy atom. The van der Waals surface area contributed by atoms with Crippen molar-refractivity contribution in [1.82, 2.24) is 25.5 Å². The number of amides is 2. The zero-order chi connectivity index (χ0) is 17.1. The van der Waals surface area contributed by atoms with Crippen molar-refractivity contribution in [3.8, 4) is 5.88 Å². The van der Waals surface area contributed by atoms with Crippen LogP contribution >= 0.6 is 0 Å². The Kier molecular flexibility index (Phi) is 4.50. The molecule has 128 valence electrons. The van der Waals surface area contributed by atoms with Gasteiger partial charge in [-0.25, -0.2) is 9.78 Å². The maximum Gasteiger partial charge on any atom is 0.319 e. The topological polar surface area (TPSA) is 108 Å². The van der Waals surface area contributed by atoms with Crippen molar-refractivity contribution in [2.75, 3.05) is 31.4 Å². The normalized spacial score (nSPS) is 16.2. The summed E-state index contributed by atoms with van der Waals surface area (Å²) in [5.41, 5.74) is 2.75. The average molecular weight is 331 g/mol. The molecule has 0 spiro atoms. The summed E-state index contributed by atoms with van der Waals surface area (Å²) in [4.78, 5) is 22.4. The highest BCUT2D eigenvalue weighted by Gasteiger charge is 2.23. The number of rotatable bonds is 4. The monoisotopic (exact) mass is 331 g/mol. The Labute approximate surface area is 139 Å². The van der Waals surface area contributed by atoms with Crippen LogP contribution in [0.5, 0.6) is 5.88 Å². The first-order valence-electron chi connectivity index (χ1n) is 7.73. The number of fused-ring (bicyclic) bond motifs is 1. The second-order valence-electron chi connectivity index (χ2n) is 5.89. The van der Waals surface area contributed by atoms with Crippen LogP contribution in [0.3, 0.4) is 0 Å². The molecule has 0 radical (unpaired) electrons. The maximum absolute atomic E-state index is 12.4. The molecule has 3 rings (SSSR count). The van der Waals surface area contributed by atoms with Crippen LogP contribution in [0, 0.1) is 0 Å². The summed E-state index contributed by atoms with van der Waals surface area (Å²) in [5, 5.41) is 12.8. The minimum atomic E-state index is -0.303. The molecule has 9 heteroatoms. The fraction of sp³-hybridized carbons (Fsp3) is 0.467. The molecule has 9 nitrogen and oxygen atoms in total. The molecule has 0 bridgehead atoms. The van der Waals surface area contributed by atoms with Crippen molar-refractivity contribution >= 4 is 17.5 Å². The van der Waals surface area contributed by atoms with Gasteiger partial charge in [0, 0.05) is 25.8 Å². The van der Waals surface area contributed by atoms with Crippen molar-refractivity contribution in [1.29, 1.82) is 0 Å². The molecule has 2 aromatic heterocycles. The predicted octanol–water partition coefficient (Wildman–Crippen LogP) is 0.953. The molecule has 2 heterocycles. The molecule has 0 saturated carbocycles. The molecule has 2 amide bonds. The van der Waals surface area contributed by atoms with Gasteiger partial charge in [-0.15, -0.1) is 0 Å². The van der Waals surface area contributed by atoms with Gasteiger partial charge in [-0.1, -0.05) is 0 Å². The fourth-order valence-electron chi connectivity index (χ4n) is 2.84. The summed E-state index contributed by atoms with van der Waals surface area (Å²) in [6, 6.07) is -0.239. The Balaban J connectivity index is 1.69. The summed E-state index contributed by atoms with van der Waals surface area (Å²) in [5.74, 6) is 0.905. The van der Waals surface area contributed by atoms with Crippen molar-refractivity contribution < 1.29 is 9.53 Å². The van der Waals surface area contributed by atoms with Gasteiger partial charge >= 0.3 is 6.03 Å². The number of hydrogen-bond donors (Lipinski definition) is 3. The molecule has 0 aliphatic heterocycles. The van der Waals surface area contributed by atoms with Crippen LogP contribution in [0.15, 0.2) is 12.5 Å². The predicted molar refractivity (Wildman–Crippen MR) is 89.5 cm³/mol. The first-order valence-corrected chi connectivity index (χ1v) is 7.73. The molecule has 2 aromatic rings. The number of urea groups is 1. The van der Waals surface area contributed by atoms with Gasteiger partial charge in [0.1, 0.15) is 12.0 Å². The van der Waals surface area contributed by atoms with E-state index in [-0.39, 0.29) is 12.1 Å². The first kappa shape index (κ1) is 16.0. The Morgan fingerprint density at radius 1 is 1.42 bits per heavy atom. The van der Waals surface area contributed by atoms with Crippen LogP contribution < -0.4 is 20.3 Å². The Hall–Kier alpha value is -2.84. The van der Waals surface area contributed by atoms with Crippen LogP contribution in [0.25, 0.3) is 0 Å². The fourth-order valence-corrected chi connectivity index (χ4v) is 2.84. The lowest BCUT2D eigenvalue weighted by Crippen LogP contribution is -2.41. The minimum Gasteiger partial charge on any atom is -0.479 e. The number of methoxy groups -OCH3 is 1. The van der Waals surface area contributed by atoms with E-state index in [4.69, 9.17) is 4.74 Å². The van der Waals surface area contributed by atoms with Crippen molar-refractivity contribution in [3.05, 3.63) is 23.8 Å². The van der Waals surface area contributed by atoms with E-state index in [0.29, 0.717) is 17.4 Å². The molecular weight excluding hydrogens is 310 g/mol. The number of H-pyrrole nitrogens is 1. The van der Waals surface area contributed by atoms with Gasteiger partial charge in [0.2, 0.25) is 5.88 Å². The van der Waals surface area contributed by atoms with E-state index < -0.39 is 0 Å². The third-order valence-electron chi connectivity index (χ3n) is 4.00. The molecule has 24 heavy (non-hydrogen) atoms. The van der Waals surface area contributed by atoms with E-state index in [0.717, 1.165) is 30.5 Å². The molecule has 0 aromatic carbocycles. The highest BCUT2D eigenvalue weighted by atomic mass is 16.5. The van der Waals surface area contributed by atoms with E-state index in [2.05, 4.69) is 30.8 Å². The highest BCUT2D eigenvalue weighted by molar-refractivity contribution is 5.94. The minimum absolute atomic E-state index is 0.0635. The van der Waals surface area contributed by atoms with E-state index in [1.807, 2.05) is 20.3 Å². The maximum atomic E-state index is 12.4. The summed E-state index contributed by atoms with van der Waals surface area (Å²) in [6.07, 6.45) is 5.73. The molecule has 1 unspecified atom stereocenters. The molecule has 1 aliphatic carbocycles. The number of aromatic amines is 1. The van der Waals surface area contributed by atoms with Crippen molar-refractivity contribution in [2.45, 2.75) is 25.3 Å². The third-order valence-corrected chi connectivity index (χ3v) is 4.00. The number of hydrogen-bond acceptors (Lipinski definition) is 6. The number of aromatic nitrogens is 4. The number of ether oxygens (including phenoxy) is 1. The summed E-state index contributed by atoms with van der Waals surface area (Å²) in [7, 11) is 5.19. The highest BCUT2D eigenvalue weighted by Crippen LogP contribution is 2.29. The van der Waals surface area contributed by atoms with E-state index in [1.165, 1.54) is 13.4 Å². The molecule has 0 saturated heterocycles. The van der Waals surface area contributed by atoms with Crippen molar-refractivity contribution in [2.24, 2.45) is 0 Å². The number of anilines is 2. The van der Waals surface area contributed by atoms with Gasteiger partial charge < -0.3 is 20.3 Å². The standard InChI is InChI=1S/C15H21N7O2/c1-22(2)13-12(14(24-3)17-8-16-13)20-15(23)19-10-4-5-11-9(6-10)7-18-21-11/h7-8,10H,4-6H2,1-3H3,(H,18,21)(H2,19,20,23). The number of nitrogens with one attached hydrogen (secondary N) is 3. The lowest BCUT2D eigenvalue weighted by Gasteiger charge is -2.24. The Morgan fingerprint density at radius 3 is 3.00 bits per heavy atom. The zero-order valence-corrected chi connectivity index (χ0v) is 14.0. The van der Waals surface area contributed by atoms with E-state index >= 15 is 0 Å². The summed E-state index contributed by atoms with van der Waals surface area (Å²) >= 11 is 0. The number of aryl methyl sites for hydroxylation is 1. The lowest BCUT2D eigenvalue weighted by atomic mass is 9.94. The van der Waals surface area contributed by atoms with Gasteiger partial charge in [-0.3, -0.25) is 5.10 Å². The Bertz CT molecular complexity index is 728. The molecule has 3 N–H and O–H groups in total. The van der Waals surface area contributed by atoms with Crippen molar-refractivity contribution in [3.63, 3.8) is 0 Å². The van der Waals surface area contributed by atoms with Gasteiger partial charge in [0.25, 0.3) is 0 Å². The first-order chi connectivity index (χ1) is 11.6. The number of nitrogens with zero attached hydrogens (tertiary/aromatic N) is 4. The SMILES string of the molecule is COc1ncnc(N(C)C)c1NC(=O)NC1CCc2[nH]ncc2C1. The van der Waals surface area contributed by atoms with Gasteiger partial charge in [0.05, 0.1) is 13.3 Å². The van der Waals surface area contributed by atoms with Crippen LogP contribution in [0.2, 0.25) is 0 Å². The number of carbonyl (C=O) groups excluding carboxylic acids is 1. The second kappa shape index (κ2) is 6.73. The molecule has 1 aliphatic rings. The molecule has 1 atom stereocenters. The summed E-state index contributed by atoms with van der Waals surface area (Å²) < 4.78 is 5.23. The van der Waals surface area contributed by atoms with Gasteiger partial charge in [-0.2, -0.15) is 10.1 Å². The lowest BCUT2D eigenvalue weighted by molar-refractivity contribution is 0.247. The third kappa shape index (κ3) is 3.24. The van der Waals surface area contributed by atoms with Crippen LogP contribution in [0.1, 0.15) is 17.7 Å². The van der Waals surface area contributed by atoms with Crippen LogP contribution in [-0.2, 0) is 12.8 Å². The van der Waals surface area contributed by atoms with Crippen LogP contribution in [-0.4, -0.2) is 53.4 Å². The quantitative estimate of drug-likeness (QED) is 0.770. The smallest absolute Gasteiger partial charge is 0.319 e. The summed E-state index contributed by atoms with van der Waals surface area (Å²) in [6.45, 7) is 0. The second-order valence-corrected chi connectivity index (χ2v) is 5.89. The molecule has 0 fully saturated rings.